The van der Waals surface area contributed by atoms with E-state index in [9.17, 15) is 19.6 Å². The molecule has 2 aromatic carbocycles. The standard InChI is InChI=1S/C25H25ClN2O7/c1-4-32-21-13-16(12-20(26)23(21)35-15-22(29)33-5-2)11-18(14-27)24(30)28-19-9-7-17(8-10-19)25(31)34-6-3/h7-13H,4-6,15H2,1-3H3,(H,28,30)/b18-11+. The second kappa shape index (κ2) is 13.6. The number of hydrogen-bond donors (Lipinski definition) is 1. The lowest BCUT2D eigenvalue weighted by atomic mass is 10.1. The minimum atomic E-state index is -0.659. The molecule has 10 heteroatoms. The van der Waals surface area contributed by atoms with Crippen LogP contribution in [0.25, 0.3) is 6.08 Å². The summed E-state index contributed by atoms with van der Waals surface area (Å²) in [7, 11) is 0. The number of ether oxygens (including phenoxy) is 4. The fourth-order valence-corrected chi connectivity index (χ4v) is 3.10. The molecule has 2 aromatic rings. The van der Waals surface area contributed by atoms with Crippen LogP contribution in [-0.2, 0) is 19.1 Å². The van der Waals surface area contributed by atoms with Crippen molar-refractivity contribution in [1.29, 1.82) is 5.26 Å². The van der Waals surface area contributed by atoms with Crippen molar-refractivity contribution in [2.75, 3.05) is 31.7 Å². The second-order valence-electron chi connectivity index (χ2n) is 6.78. The summed E-state index contributed by atoms with van der Waals surface area (Å²) in [6, 6.07) is 10.9. The van der Waals surface area contributed by atoms with Crippen molar-refractivity contribution < 1.29 is 33.3 Å². The Labute approximate surface area is 208 Å². The van der Waals surface area contributed by atoms with Gasteiger partial charge in [0.15, 0.2) is 18.1 Å². The van der Waals surface area contributed by atoms with E-state index in [4.69, 9.17) is 30.5 Å². The maximum atomic E-state index is 12.6. The van der Waals surface area contributed by atoms with Gasteiger partial charge < -0.3 is 24.3 Å². The van der Waals surface area contributed by atoms with Crippen LogP contribution in [0.15, 0.2) is 42.0 Å². The fourth-order valence-electron chi connectivity index (χ4n) is 2.83. The van der Waals surface area contributed by atoms with Gasteiger partial charge in [-0.25, -0.2) is 9.59 Å². The van der Waals surface area contributed by atoms with Gasteiger partial charge in [0.25, 0.3) is 5.91 Å². The quantitative estimate of drug-likeness (QED) is 0.273. The molecule has 0 unspecified atom stereocenters. The molecule has 35 heavy (non-hydrogen) atoms. The summed E-state index contributed by atoms with van der Waals surface area (Å²) in [5.74, 6) is -1.31. The van der Waals surface area contributed by atoms with Crippen molar-refractivity contribution in [2.24, 2.45) is 0 Å². The van der Waals surface area contributed by atoms with Gasteiger partial charge >= 0.3 is 11.9 Å². The molecule has 0 bridgehead atoms. The van der Waals surface area contributed by atoms with Crippen molar-refractivity contribution in [3.63, 3.8) is 0 Å². The Kier molecular flexibility index (Phi) is 10.6. The van der Waals surface area contributed by atoms with Crippen LogP contribution in [0.3, 0.4) is 0 Å². The molecule has 0 saturated carbocycles. The average Bonchev–Trinajstić information content (AvgIpc) is 2.83. The first-order chi connectivity index (χ1) is 16.8. The van der Waals surface area contributed by atoms with E-state index in [2.05, 4.69) is 5.32 Å². The Bertz CT molecular complexity index is 1140. The number of carbonyl (C=O) groups is 3. The first-order valence-electron chi connectivity index (χ1n) is 10.8. The molecule has 2 rings (SSSR count). The maximum Gasteiger partial charge on any atom is 0.344 e. The van der Waals surface area contributed by atoms with E-state index in [1.54, 1.807) is 20.8 Å². The van der Waals surface area contributed by atoms with Crippen LogP contribution in [0.1, 0.15) is 36.7 Å². The van der Waals surface area contributed by atoms with Crippen LogP contribution in [0.2, 0.25) is 5.02 Å². The van der Waals surface area contributed by atoms with Gasteiger partial charge in [-0.3, -0.25) is 4.79 Å². The number of halogens is 1. The largest absolute Gasteiger partial charge is 0.490 e. The van der Waals surface area contributed by atoms with Crippen LogP contribution >= 0.6 is 11.6 Å². The monoisotopic (exact) mass is 500 g/mol. The zero-order chi connectivity index (χ0) is 25.8. The minimum Gasteiger partial charge on any atom is -0.490 e. The number of benzene rings is 2. The molecular weight excluding hydrogens is 476 g/mol. The number of nitrogens with one attached hydrogen (secondary N) is 1. The van der Waals surface area contributed by atoms with E-state index in [0.29, 0.717) is 16.8 Å². The van der Waals surface area contributed by atoms with E-state index in [1.165, 1.54) is 42.5 Å². The number of amides is 1. The molecule has 0 aliphatic rings. The van der Waals surface area contributed by atoms with Crippen LogP contribution < -0.4 is 14.8 Å². The number of nitrogens with zero attached hydrogens (tertiary/aromatic N) is 1. The van der Waals surface area contributed by atoms with Gasteiger partial charge in [-0.2, -0.15) is 5.26 Å². The van der Waals surface area contributed by atoms with Crippen molar-refractivity contribution in [3.8, 4) is 17.6 Å². The van der Waals surface area contributed by atoms with Crippen molar-refractivity contribution in [2.45, 2.75) is 20.8 Å². The average molecular weight is 501 g/mol. The molecule has 9 nitrogen and oxygen atoms in total. The van der Waals surface area contributed by atoms with Crippen molar-refractivity contribution in [1.82, 2.24) is 0 Å². The molecule has 0 radical (unpaired) electrons. The van der Waals surface area contributed by atoms with Gasteiger partial charge in [0.1, 0.15) is 11.6 Å². The van der Waals surface area contributed by atoms with Gasteiger partial charge in [-0.15, -0.1) is 0 Å². The van der Waals surface area contributed by atoms with E-state index in [1.807, 2.05) is 6.07 Å². The molecule has 0 heterocycles. The molecular formula is C25H25ClN2O7. The number of carbonyl (C=O) groups excluding carboxylic acids is 3. The third-order valence-corrected chi connectivity index (χ3v) is 4.58. The zero-order valence-corrected chi connectivity index (χ0v) is 20.3. The third kappa shape index (κ3) is 8.05. The summed E-state index contributed by atoms with van der Waals surface area (Å²) >= 11 is 6.32. The highest BCUT2D eigenvalue weighted by atomic mass is 35.5. The van der Waals surface area contributed by atoms with Crippen LogP contribution in [-0.4, -0.2) is 44.3 Å². The van der Waals surface area contributed by atoms with Crippen LogP contribution in [0, 0.1) is 11.3 Å². The predicted molar refractivity (Wildman–Crippen MR) is 129 cm³/mol. The van der Waals surface area contributed by atoms with Crippen LogP contribution in [0.4, 0.5) is 5.69 Å². The van der Waals surface area contributed by atoms with Gasteiger partial charge in [0, 0.05) is 5.69 Å². The summed E-state index contributed by atoms with van der Waals surface area (Å²) in [4.78, 5) is 36.0. The normalized spacial score (nSPS) is 10.7. The summed E-state index contributed by atoms with van der Waals surface area (Å²) < 4.78 is 20.8. The molecule has 0 saturated heterocycles. The first-order valence-corrected chi connectivity index (χ1v) is 11.2. The van der Waals surface area contributed by atoms with Gasteiger partial charge in [0.05, 0.1) is 30.4 Å². The zero-order valence-electron chi connectivity index (χ0n) is 19.6. The number of nitriles is 1. The Morgan fingerprint density at radius 3 is 2.29 bits per heavy atom. The highest BCUT2D eigenvalue weighted by Gasteiger charge is 2.16. The lowest BCUT2D eigenvalue weighted by Gasteiger charge is -2.14. The van der Waals surface area contributed by atoms with E-state index in [0.717, 1.165) is 0 Å². The lowest BCUT2D eigenvalue weighted by Crippen LogP contribution is -2.15. The molecule has 0 spiro atoms. The predicted octanol–water partition coefficient (Wildman–Crippen LogP) is 4.40. The summed E-state index contributed by atoms with van der Waals surface area (Å²) in [5, 5.41) is 12.2. The fraction of sp³-hybridized carbons (Fsp3) is 0.280. The summed E-state index contributed by atoms with van der Waals surface area (Å²) in [5.41, 5.74) is 0.939. The van der Waals surface area contributed by atoms with E-state index in [-0.39, 0.29) is 48.5 Å². The molecule has 0 atom stereocenters. The number of anilines is 1. The smallest absolute Gasteiger partial charge is 0.344 e. The molecule has 0 aliphatic carbocycles. The molecule has 184 valence electrons. The molecule has 0 aliphatic heterocycles. The molecule has 1 amide bonds. The van der Waals surface area contributed by atoms with Crippen LogP contribution in [0.5, 0.6) is 11.5 Å². The van der Waals surface area contributed by atoms with Gasteiger partial charge in [-0.1, -0.05) is 11.6 Å². The van der Waals surface area contributed by atoms with E-state index < -0.39 is 17.8 Å². The van der Waals surface area contributed by atoms with Crippen molar-refractivity contribution >= 4 is 41.2 Å². The Morgan fingerprint density at radius 2 is 1.69 bits per heavy atom. The number of esters is 2. The van der Waals surface area contributed by atoms with Gasteiger partial charge in [0.2, 0.25) is 0 Å². The minimum absolute atomic E-state index is 0.124. The topological polar surface area (TPSA) is 124 Å². The lowest BCUT2D eigenvalue weighted by molar-refractivity contribution is -0.145. The highest BCUT2D eigenvalue weighted by molar-refractivity contribution is 6.32. The SMILES string of the molecule is CCOC(=O)COc1c(Cl)cc(/C=C(\C#N)C(=O)Nc2ccc(C(=O)OCC)cc2)cc1OCC. The Balaban J connectivity index is 2.23. The van der Waals surface area contributed by atoms with Gasteiger partial charge in [-0.05, 0) is 68.8 Å². The van der Waals surface area contributed by atoms with E-state index >= 15 is 0 Å². The number of rotatable bonds is 11. The third-order valence-electron chi connectivity index (χ3n) is 4.30. The molecule has 0 fully saturated rings. The van der Waals surface area contributed by atoms with Crippen molar-refractivity contribution in [3.05, 3.63) is 58.1 Å². The number of hydrogen-bond acceptors (Lipinski definition) is 8. The Morgan fingerprint density at radius 1 is 1.00 bits per heavy atom. The maximum absolute atomic E-state index is 12.6. The highest BCUT2D eigenvalue weighted by Crippen LogP contribution is 2.37. The second-order valence-corrected chi connectivity index (χ2v) is 7.19. The first kappa shape index (κ1) is 27.2. The Hall–Kier alpha value is -4.03. The molecule has 0 aromatic heterocycles. The summed E-state index contributed by atoms with van der Waals surface area (Å²) in [6.07, 6.45) is 1.34. The summed E-state index contributed by atoms with van der Waals surface area (Å²) in [6.45, 7) is 5.53. The molecule has 1 N–H and O–H groups in total.